The van der Waals surface area contributed by atoms with Gasteiger partial charge in [-0.25, -0.2) is 21.6 Å². The van der Waals surface area contributed by atoms with E-state index in [0.29, 0.717) is 18.9 Å². The van der Waals surface area contributed by atoms with Crippen LogP contribution in [0.25, 0.3) is 0 Å². The van der Waals surface area contributed by atoms with Crippen molar-refractivity contribution in [2.45, 2.75) is 28.8 Å². The smallest absolute Gasteiger partial charge is 0.211 e. The molecule has 2 aromatic carbocycles. The highest BCUT2D eigenvalue weighted by atomic mass is 32.2. The molecule has 6 nitrogen and oxygen atoms in total. The fourth-order valence-corrected chi connectivity index (χ4v) is 5.90. The lowest BCUT2D eigenvalue weighted by Gasteiger charge is -2.31. The van der Waals surface area contributed by atoms with E-state index in [2.05, 4.69) is 4.72 Å². The average Bonchev–Trinajstić information content (AvgIpc) is 2.73. The number of rotatable bonds is 6. The molecule has 0 radical (unpaired) electrons. The lowest BCUT2D eigenvalue weighted by molar-refractivity contribution is -0.137. The molecular weight excluding hydrogens is 441 g/mol. The molecule has 2 aromatic rings. The lowest BCUT2D eigenvalue weighted by atomic mass is 9.99. The van der Waals surface area contributed by atoms with Crippen LogP contribution in [-0.4, -0.2) is 40.8 Å². The fraction of sp³-hybridized carbons (Fsp3) is 0.368. The minimum absolute atomic E-state index is 0.0256. The number of alkyl halides is 3. The van der Waals surface area contributed by atoms with Crippen LogP contribution in [-0.2, 0) is 26.2 Å². The average molecular weight is 463 g/mol. The molecule has 0 atom stereocenters. The Morgan fingerprint density at radius 1 is 0.900 bits per heavy atom. The van der Waals surface area contributed by atoms with Crippen LogP contribution in [0.1, 0.15) is 18.4 Å². The summed E-state index contributed by atoms with van der Waals surface area (Å²) in [4.78, 5) is -0.255. The van der Waals surface area contributed by atoms with Crippen LogP contribution in [0.2, 0.25) is 0 Å². The Morgan fingerprint density at radius 3 is 2.10 bits per heavy atom. The van der Waals surface area contributed by atoms with Crippen molar-refractivity contribution in [3.63, 3.8) is 0 Å². The van der Waals surface area contributed by atoms with Gasteiger partial charge < -0.3 is 0 Å². The Morgan fingerprint density at radius 2 is 1.50 bits per heavy atom. The van der Waals surface area contributed by atoms with Gasteiger partial charge in [0.15, 0.2) is 0 Å². The Kier molecular flexibility index (Phi) is 6.56. The van der Waals surface area contributed by atoms with Crippen LogP contribution in [0.4, 0.5) is 13.2 Å². The summed E-state index contributed by atoms with van der Waals surface area (Å²) in [5.41, 5.74) is -1.04. The van der Waals surface area contributed by atoms with Gasteiger partial charge in [-0.15, -0.1) is 0 Å². The summed E-state index contributed by atoms with van der Waals surface area (Å²) >= 11 is 0. The van der Waals surface area contributed by atoms with Crippen LogP contribution in [0, 0.1) is 5.92 Å². The fourth-order valence-electron chi connectivity index (χ4n) is 3.25. The maximum absolute atomic E-state index is 12.8. The van der Waals surface area contributed by atoms with Crippen molar-refractivity contribution in [3.05, 3.63) is 60.2 Å². The summed E-state index contributed by atoms with van der Waals surface area (Å²) in [6.45, 7) is 0.512. The zero-order valence-electron chi connectivity index (χ0n) is 15.8. The van der Waals surface area contributed by atoms with Gasteiger partial charge in [0.1, 0.15) is 0 Å². The molecule has 0 amide bonds. The summed E-state index contributed by atoms with van der Waals surface area (Å²) in [5, 5.41) is 0. The molecular formula is C19H21F3N2O4S2. The minimum Gasteiger partial charge on any atom is -0.211 e. The standard InChI is InChI=1S/C19H21F3N2O4S2/c20-19(21,22)16-5-4-8-18(13-16)29(25,26)23-14-15-9-11-24(12-10-15)30(27,28)17-6-2-1-3-7-17/h1-8,13,15,23H,9-12,14H2. The topological polar surface area (TPSA) is 83.6 Å². The number of benzene rings is 2. The summed E-state index contributed by atoms with van der Waals surface area (Å²) in [5.74, 6) is -0.118. The number of nitrogens with one attached hydrogen (secondary N) is 1. The molecule has 1 aliphatic rings. The van der Waals surface area contributed by atoms with E-state index in [9.17, 15) is 30.0 Å². The highest BCUT2D eigenvalue weighted by Gasteiger charge is 2.32. The molecule has 3 rings (SSSR count). The normalized spacial score (nSPS) is 17.2. The Balaban J connectivity index is 1.59. The first-order valence-electron chi connectivity index (χ1n) is 9.22. The first-order valence-corrected chi connectivity index (χ1v) is 12.1. The second-order valence-corrected chi connectivity index (χ2v) is 10.7. The van der Waals surface area contributed by atoms with Crippen molar-refractivity contribution in [2.24, 2.45) is 5.92 Å². The van der Waals surface area contributed by atoms with Gasteiger partial charge in [-0.3, -0.25) is 0 Å². The number of sulfonamides is 2. The monoisotopic (exact) mass is 462 g/mol. The van der Waals surface area contributed by atoms with E-state index in [0.717, 1.165) is 18.2 Å². The number of hydrogen-bond donors (Lipinski definition) is 1. The van der Waals surface area contributed by atoms with Crippen molar-refractivity contribution in [2.75, 3.05) is 19.6 Å². The van der Waals surface area contributed by atoms with Crippen molar-refractivity contribution < 1.29 is 30.0 Å². The Hall–Kier alpha value is -1.95. The molecule has 1 aliphatic heterocycles. The van der Waals surface area contributed by atoms with Gasteiger partial charge in [0, 0.05) is 19.6 Å². The van der Waals surface area contributed by atoms with Gasteiger partial charge >= 0.3 is 6.18 Å². The summed E-state index contributed by atoms with van der Waals surface area (Å²) in [7, 11) is -7.71. The molecule has 164 valence electrons. The molecule has 0 saturated carbocycles. The van der Waals surface area contributed by atoms with E-state index >= 15 is 0 Å². The molecule has 0 spiro atoms. The van der Waals surface area contributed by atoms with E-state index in [-0.39, 0.29) is 30.4 Å². The maximum atomic E-state index is 12.8. The molecule has 0 aromatic heterocycles. The third kappa shape index (κ3) is 5.20. The zero-order valence-corrected chi connectivity index (χ0v) is 17.5. The van der Waals surface area contributed by atoms with E-state index in [4.69, 9.17) is 0 Å². The summed E-state index contributed by atoms with van der Waals surface area (Å²) in [6, 6.07) is 11.6. The van der Waals surface area contributed by atoms with E-state index in [1.165, 1.54) is 16.4 Å². The number of piperidine rings is 1. The van der Waals surface area contributed by atoms with Crippen LogP contribution in [0.15, 0.2) is 64.4 Å². The Bertz CT molecular complexity index is 1080. The molecule has 30 heavy (non-hydrogen) atoms. The number of hydrogen-bond acceptors (Lipinski definition) is 4. The molecule has 1 heterocycles. The molecule has 0 aliphatic carbocycles. The Labute approximate surface area is 173 Å². The molecule has 0 unspecified atom stereocenters. The van der Waals surface area contributed by atoms with Gasteiger partial charge in [0.05, 0.1) is 15.4 Å². The first-order chi connectivity index (χ1) is 14.0. The SMILES string of the molecule is O=S(=O)(NCC1CCN(S(=O)(=O)c2ccccc2)CC1)c1cccc(C(F)(F)F)c1. The van der Waals surface area contributed by atoms with Crippen LogP contribution in [0.3, 0.4) is 0 Å². The lowest BCUT2D eigenvalue weighted by Crippen LogP contribution is -2.41. The number of halogens is 3. The third-order valence-corrected chi connectivity index (χ3v) is 8.32. The van der Waals surface area contributed by atoms with Gasteiger partial charge in [0.2, 0.25) is 20.0 Å². The molecule has 1 N–H and O–H groups in total. The summed E-state index contributed by atoms with van der Waals surface area (Å²) < 4.78 is 92.2. The summed E-state index contributed by atoms with van der Waals surface area (Å²) in [6.07, 6.45) is -3.75. The largest absolute Gasteiger partial charge is 0.416 e. The van der Waals surface area contributed by atoms with E-state index < -0.39 is 36.7 Å². The second kappa shape index (κ2) is 8.66. The van der Waals surface area contributed by atoms with Gasteiger partial charge in [-0.2, -0.15) is 17.5 Å². The highest BCUT2D eigenvalue weighted by molar-refractivity contribution is 7.89. The first kappa shape index (κ1) is 22.7. The quantitative estimate of drug-likeness (QED) is 0.715. The minimum atomic E-state index is -4.64. The zero-order chi connectivity index (χ0) is 22.0. The molecule has 1 saturated heterocycles. The van der Waals surface area contributed by atoms with Gasteiger partial charge in [-0.1, -0.05) is 24.3 Å². The molecule has 11 heteroatoms. The van der Waals surface area contributed by atoms with Crippen molar-refractivity contribution in [3.8, 4) is 0 Å². The number of nitrogens with zero attached hydrogens (tertiary/aromatic N) is 1. The second-order valence-electron chi connectivity index (χ2n) is 7.04. The van der Waals surface area contributed by atoms with Crippen molar-refractivity contribution >= 4 is 20.0 Å². The van der Waals surface area contributed by atoms with E-state index in [1.54, 1.807) is 18.2 Å². The van der Waals surface area contributed by atoms with Crippen molar-refractivity contribution in [1.29, 1.82) is 0 Å². The van der Waals surface area contributed by atoms with E-state index in [1.807, 2.05) is 0 Å². The third-order valence-electron chi connectivity index (χ3n) is 4.99. The highest BCUT2D eigenvalue weighted by Crippen LogP contribution is 2.30. The van der Waals surface area contributed by atoms with Gasteiger partial charge in [-0.05, 0) is 49.1 Å². The van der Waals surface area contributed by atoms with Crippen LogP contribution in [0.5, 0.6) is 0 Å². The predicted octanol–water partition coefficient (Wildman–Crippen LogP) is 3.08. The van der Waals surface area contributed by atoms with Gasteiger partial charge in [0.25, 0.3) is 0 Å². The van der Waals surface area contributed by atoms with Crippen molar-refractivity contribution in [1.82, 2.24) is 9.03 Å². The van der Waals surface area contributed by atoms with Crippen LogP contribution < -0.4 is 4.72 Å². The maximum Gasteiger partial charge on any atom is 0.416 e. The van der Waals surface area contributed by atoms with Crippen LogP contribution >= 0.6 is 0 Å². The predicted molar refractivity (Wildman–Crippen MR) is 105 cm³/mol. The molecule has 1 fully saturated rings. The molecule has 0 bridgehead atoms.